The molecular formula is C10H10N4O. The third-order valence-corrected chi connectivity index (χ3v) is 2.21. The van der Waals surface area contributed by atoms with E-state index >= 15 is 0 Å². The molecule has 1 aromatic rings. The molecule has 0 aromatic heterocycles. The highest BCUT2D eigenvalue weighted by Crippen LogP contribution is 2.22. The number of carbonyl (C=O) groups excluding carboxylic acids is 1. The Morgan fingerprint density at radius 3 is 2.87 bits per heavy atom. The molecule has 2 rings (SSSR count). The lowest BCUT2D eigenvalue weighted by Crippen LogP contribution is -2.25. The number of benzene rings is 1. The van der Waals surface area contributed by atoms with Crippen LogP contribution in [-0.4, -0.2) is 11.9 Å². The summed E-state index contributed by atoms with van der Waals surface area (Å²) in [6, 6.07) is 7.07. The highest BCUT2D eigenvalue weighted by Gasteiger charge is 2.24. The van der Waals surface area contributed by atoms with Crippen molar-refractivity contribution in [2.45, 2.75) is 18.9 Å². The van der Waals surface area contributed by atoms with Crippen molar-refractivity contribution in [1.82, 2.24) is 5.32 Å². The topological polar surface area (TPSA) is 77.9 Å². The maximum absolute atomic E-state index is 11.7. The van der Waals surface area contributed by atoms with Crippen molar-refractivity contribution < 1.29 is 4.79 Å². The van der Waals surface area contributed by atoms with Gasteiger partial charge in [-0.25, -0.2) is 0 Å². The fourth-order valence-corrected chi connectivity index (χ4v) is 1.29. The summed E-state index contributed by atoms with van der Waals surface area (Å²) < 4.78 is 0. The van der Waals surface area contributed by atoms with Crippen LogP contribution in [0.1, 0.15) is 23.2 Å². The Kier molecular flexibility index (Phi) is 2.56. The van der Waals surface area contributed by atoms with Crippen LogP contribution in [0, 0.1) is 0 Å². The van der Waals surface area contributed by atoms with Crippen LogP contribution in [0.5, 0.6) is 0 Å². The van der Waals surface area contributed by atoms with Gasteiger partial charge in [-0.1, -0.05) is 23.3 Å². The van der Waals surface area contributed by atoms with Gasteiger partial charge >= 0.3 is 0 Å². The zero-order chi connectivity index (χ0) is 10.7. The quantitative estimate of drug-likeness (QED) is 0.456. The first-order valence-corrected chi connectivity index (χ1v) is 4.76. The first-order chi connectivity index (χ1) is 7.31. The molecule has 1 fully saturated rings. The van der Waals surface area contributed by atoms with Crippen molar-refractivity contribution in [2.75, 3.05) is 0 Å². The molecule has 5 nitrogen and oxygen atoms in total. The van der Waals surface area contributed by atoms with Gasteiger partial charge in [0, 0.05) is 16.5 Å². The number of hydrogen-bond acceptors (Lipinski definition) is 2. The van der Waals surface area contributed by atoms with Crippen LogP contribution >= 0.6 is 0 Å². The van der Waals surface area contributed by atoms with Gasteiger partial charge in [0.15, 0.2) is 0 Å². The molecule has 0 saturated heterocycles. The van der Waals surface area contributed by atoms with E-state index in [0.29, 0.717) is 17.3 Å². The van der Waals surface area contributed by atoms with E-state index in [2.05, 4.69) is 15.3 Å². The van der Waals surface area contributed by atoms with Crippen LogP contribution in [0.25, 0.3) is 10.4 Å². The van der Waals surface area contributed by atoms with Crippen molar-refractivity contribution in [1.29, 1.82) is 0 Å². The molecule has 15 heavy (non-hydrogen) atoms. The first kappa shape index (κ1) is 9.55. The normalized spacial score (nSPS) is 14.1. The summed E-state index contributed by atoms with van der Waals surface area (Å²) in [6.45, 7) is 0. The number of amides is 1. The number of nitrogens with zero attached hydrogens (tertiary/aromatic N) is 3. The molecular weight excluding hydrogens is 192 g/mol. The Morgan fingerprint density at radius 2 is 2.20 bits per heavy atom. The van der Waals surface area contributed by atoms with E-state index in [-0.39, 0.29) is 5.91 Å². The van der Waals surface area contributed by atoms with Crippen molar-refractivity contribution >= 4 is 11.6 Å². The molecule has 1 aromatic carbocycles. The lowest BCUT2D eigenvalue weighted by atomic mass is 10.1. The molecule has 1 aliphatic carbocycles. The summed E-state index contributed by atoms with van der Waals surface area (Å²) in [5.74, 6) is -0.166. The van der Waals surface area contributed by atoms with E-state index in [4.69, 9.17) is 5.53 Å². The van der Waals surface area contributed by atoms with Gasteiger partial charge in [-0.05, 0) is 24.4 Å². The molecule has 0 bridgehead atoms. The Hall–Kier alpha value is -2.00. The maximum atomic E-state index is 11.7. The zero-order valence-corrected chi connectivity index (χ0v) is 8.05. The third kappa shape index (κ3) is 2.27. The third-order valence-electron chi connectivity index (χ3n) is 2.21. The van der Waals surface area contributed by atoms with Crippen molar-refractivity contribution in [2.24, 2.45) is 5.11 Å². The van der Waals surface area contributed by atoms with Gasteiger partial charge in [0.05, 0.1) is 5.69 Å². The molecule has 0 radical (unpaired) electrons. The Bertz CT molecular complexity index is 433. The van der Waals surface area contributed by atoms with E-state index in [1.165, 1.54) is 0 Å². The largest absolute Gasteiger partial charge is 0.349 e. The minimum Gasteiger partial charge on any atom is -0.349 e. The van der Waals surface area contributed by atoms with Crippen molar-refractivity contribution in [3.05, 3.63) is 40.3 Å². The predicted molar refractivity (Wildman–Crippen MR) is 55.7 cm³/mol. The fraction of sp³-hybridized carbons (Fsp3) is 0.300. The van der Waals surface area contributed by atoms with Crippen LogP contribution in [0.3, 0.4) is 0 Å². The minimum atomic E-state index is -0.166. The van der Waals surface area contributed by atoms with Gasteiger partial charge in [0.25, 0.3) is 5.91 Å². The number of rotatable bonds is 3. The molecule has 0 heterocycles. The van der Waals surface area contributed by atoms with E-state index in [0.717, 1.165) is 12.8 Å². The number of hydrogen-bond donors (Lipinski definition) is 1. The number of azide groups is 1. The molecule has 1 N–H and O–H groups in total. The van der Waals surface area contributed by atoms with Gasteiger partial charge < -0.3 is 5.32 Å². The molecule has 1 aliphatic rings. The summed E-state index contributed by atoms with van der Waals surface area (Å²) in [5, 5.41) is 6.32. The second-order valence-electron chi connectivity index (χ2n) is 3.45. The van der Waals surface area contributed by atoms with E-state index in [1.807, 2.05) is 0 Å². The van der Waals surface area contributed by atoms with Gasteiger partial charge in [-0.15, -0.1) is 0 Å². The standard InChI is InChI=1S/C10H10N4O/c11-14-13-9-4-2-1-3-8(9)10(15)12-7-5-6-7/h1-4,7H,5-6H2,(H,12,15). The van der Waals surface area contributed by atoms with Crippen LogP contribution in [0.15, 0.2) is 29.4 Å². The van der Waals surface area contributed by atoms with Crippen LogP contribution < -0.4 is 5.32 Å². The Labute approximate surface area is 86.7 Å². The molecule has 5 heteroatoms. The lowest BCUT2D eigenvalue weighted by molar-refractivity contribution is 0.0952. The van der Waals surface area contributed by atoms with E-state index in [1.54, 1.807) is 24.3 Å². The summed E-state index contributed by atoms with van der Waals surface area (Å²) in [5.41, 5.74) is 9.15. The highest BCUT2D eigenvalue weighted by molar-refractivity contribution is 5.99. The molecule has 0 unspecified atom stereocenters. The molecule has 1 amide bonds. The minimum absolute atomic E-state index is 0.166. The summed E-state index contributed by atoms with van der Waals surface area (Å²) in [7, 11) is 0. The van der Waals surface area contributed by atoms with E-state index < -0.39 is 0 Å². The molecule has 0 atom stereocenters. The second-order valence-corrected chi connectivity index (χ2v) is 3.45. The van der Waals surface area contributed by atoms with Crippen molar-refractivity contribution in [3.63, 3.8) is 0 Å². The van der Waals surface area contributed by atoms with E-state index in [9.17, 15) is 4.79 Å². The van der Waals surface area contributed by atoms with Crippen LogP contribution in [-0.2, 0) is 0 Å². The number of nitrogens with one attached hydrogen (secondary N) is 1. The van der Waals surface area contributed by atoms with Gasteiger partial charge in [-0.2, -0.15) is 0 Å². The van der Waals surface area contributed by atoms with Gasteiger partial charge in [-0.3, -0.25) is 4.79 Å². The smallest absolute Gasteiger partial charge is 0.251 e. The molecule has 1 saturated carbocycles. The monoisotopic (exact) mass is 202 g/mol. The molecule has 76 valence electrons. The van der Waals surface area contributed by atoms with Crippen molar-refractivity contribution in [3.8, 4) is 0 Å². The van der Waals surface area contributed by atoms with Gasteiger partial charge in [0.2, 0.25) is 0 Å². The Morgan fingerprint density at radius 1 is 1.47 bits per heavy atom. The summed E-state index contributed by atoms with van der Waals surface area (Å²) in [4.78, 5) is 14.4. The average Bonchev–Trinajstić information content (AvgIpc) is 3.03. The SMILES string of the molecule is [N-]=[N+]=Nc1ccccc1C(=O)NC1CC1. The maximum Gasteiger partial charge on any atom is 0.251 e. The zero-order valence-electron chi connectivity index (χ0n) is 8.05. The predicted octanol–water partition coefficient (Wildman–Crippen LogP) is 2.52. The van der Waals surface area contributed by atoms with Crippen LogP contribution in [0.2, 0.25) is 0 Å². The molecule has 0 spiro atoms. The van der Waals surface area contributed by atoms with Gasteiger partial charge in [0.1, 0.15) is 0 Å². The summed E-state index contributed by atoms with van der Waals surface area (Å²) in [6.07, 6.45) is 2.07. The van der Waals surface area contributed by atoms with Crippen LogP contribution in [0.4, 0.5) is 5.69 Å². The highest BCUT2D eigenvalue weighted by atomic mass is 16.1. The second kappa shape index (κ2) is 4.02. The first-order valence-electron chi connectivity index (χ1n) is 4.76. The average molecular weight is 202 g/mol. The molecule has 0 aliphatic heterocycles. The summed E-state index contributed by atoms with van der Waals surface area (Å²) >= 11 is 0. The lowest BCUT2D eigenvalue weighted by Gasteiger charge is -2.05. The number of carbonyl (C=O) groups is 1. The Balaban J connectivity index is 2.24. The fourth-order valence-electron chi connectivity index (χ4n) is 1.29.